The summed E-state index contributed by atoms with van der Waals surface area (Å²) in [6.07, 6.45) is 0.480. The summed E-state index contributed by atoms with van der Waals surface area (Å²) in [6, 6.07) is 8.05. The van der Waals surface area contributed by atoms with E-state index in [0.717, 1.165) is 44.8 Å². The molecule has 1 heterocycles. The highest BCUT2D eigenvalue weighted by atomic mass is 35.5. The Morgan fingerprint density at radius 3 is 2.70 bits per heavy atom. The van der Waals surface area contributed by atoms with Gasteiger partial charge in [0.2, 0.25) is 5.91 Å². The third kappa shape index (κ3) is 5.49. The summed E-state index contributed by atoms with van der Waals surface area (Å²) < 4.78 is 0. The van der Waals surface area contributed by atoms with Gasteiger partial charge in [0, 0.05) is 39.3 Å². The topological polar surface area (TPSA) is 44.4 Å². The molecule has 112 valence electrons. The summed E-state index contributed by atoms with van der Waals surface area (Å²) >= 11 is 0. The minimum atomic E-state index is 0. The van der Waals surface area contributed by atoms with Crippen molar-refractivity contribution in [3.8, 4) is 0 Å². The standard InChI is InChI=1S/C15H23N3O.ClH/c1-13-4-2-3-5-14(13)12-15(19)17-8-11-18-9-6-16-7-10-18;/h2-5,16H,6-12H2,1H3,(H,17,19);1H. The molecule has 0 atom stereocenters. The van der Waals surface area contributed by atoms with Gasteiger partial charge >= 0.3 is 0 Å². The molecule has 20 heavy (non-hydrogen) atoms. The molecule has 4 nitrogen and oxygen atoms in total. The van der Waals surface area contributed by atoms with Crippen LogP contribution < -0.4 is 10.6 Å². The van der Waals surface area contributed by atoms with Crippen molar-refractivity contribution in [3.63, 3.8) is 0 Å². The molecule has 1 aromatic rings. The van der Waals surface area contributed by atoms with Crippen molar-refractivity contribution in [2.75, 3.05) is 39.3 Å². The fraction of sp³-hybridized carbons (Fsp3) is 0.533. The molecule has 0 saturated carbocycles. The first-order chi connectivity index (χ1) is 9.25. The average molecular weight is 298 g/mol. The number of benzene rings is 1. The number of rotatable bonds is 5. The minimum absolute atomic E-state index is 0. The third-order valence-electron chi connectivity index (χ3n) is 3.57. The van der Waals surface area contributed by atoms with Gasteiger partial charge in [-0.25, -0.2) is 0 Å². The highest BCUT2D eigenvalue weighted by Gasteiger charge is 2.10. The minimum Gasteiger partial charge on any atom is -0.355 e. The molecule has 1 fully saturated rings. The number of hydrogen-bond donors (Lipinski definition) is 2. The maximum absolute atomic E-state index is 11.9. The quantitative estimate of drug-likeness (QED) is 0.852. The van der Waals surface area contributed by atoms with Crippen molar-refractivity contribution >= 4 is 18.3 Å². The van der Waals surface area contributed by atoms with Crippen LogP contribution in [0.5, 0.6) is 0 Å². The van der Waals surface area contributed by atoms with Crippen molar-refractivity contribution in [2.24, 2.45) is 0 Å². The normalized spacial score (nSPS) is 15.4. The first-order valence-electron chi connectivity index (χ1n) is 7.00. The van der Waals surface area contributed by atoms with Crippen molar-refractivity contribution in [2.45, 2.75) is 13.3 Å². The molecule has 1 aromatic carbocycles. The van der Waals surface area contributed by atoms with Crippen LogP contribution >= 0.6 is 12.4 Å². The number of aryl methyl sites for hydroxylation is 1. The van der Waals surface area contributed by atoms with Crippen LogP contribution in [-0.4, -0.2) is 50.1 Å². The zero-order valence-electron chi connectivity index (χ0n) is 12.0. The van der Waals surface area contributed by atoms with E-state index < -0.39 is 0 Å². The van der Waals surface area contributed by atoms with E-state index >= 15 is 0 Å². The zero-order chi connectivity index (χ0) is 13.5. The second-order valence-electron chi connectivity index (χ2n) is 5.04. The predicted octanol–water partition coefficient (Wildman–Crippen LogP) is 0.981. The molecular formula is C15H24ClN3O. The fourth-order valence-electron chi connectivity index (χ4n) is 2.33. The van der Waals surface area contributed by atoms with Gasteiger partial charge in [-0.1, -0.05) is 24.3 Å². The number of carbonyl (C=O) groups is 1. The van der Waals surface area contributed by atoms with Crippen LogP contribution in [0, 0.1) is 6.92 Å². The van der Waals surface area contributed by atoms with E-state index in [4.69, 9.17) is 0 Å². The number of piperazine rings is 1. The number of amides is 1. The Morgan fingerprint density at radius 1 is 1.30 bits per heavy atom. The van der Waals surface area contributed by atoms with Gasteiger partial charge in [-0.15, -0.1) is 12.4 Å². The van der Waals surface area contributed by atoms with E-state index in [9.17, 15) is 4.79 Å². The van der Waals surface area contributed by atoms with Gasteiger partial charge in [0.15, 0.2) is 0 Å². The van der Waals surface area contributed by atoms with Crippen molar-refractivity contribution in [1.82, 2.24) is 15.5 Å². The lowest BCUT2D eigenvalue weighted by Crippen LogP contribution is -2.46. The highest BCUT2D eigenvalue weighted by Crippen LogP contribution is 2.07. The number of nitrogens with zero attached hydrogens (tertiary/aromatic N) is 1. The lowest BCUT2D eigenvalue weighted by atomic mass is 10.1. The van der Waals surface area contributed by atoms with Crippen LogP contribution in [0.4, 0.5) is 0 Å². The molecular weight excluding hydrogens is 274 g/mol. The van der Waals surface area contributed by atoms with E-state index in [1.54, 1.807) is 0 Å². The van der Waals surface area contributed by atoms with Crippen molar-refractivity contribution < 1.29 is 4.79 Å². The Balaban J connectivity index is 0.00000200. The molecule has 1 amide bonds. The van der Waals surface area contributed by atoms with Crippen LogP contribution in [0.25, 0.3) is 0 Å². The van der Waals surface area contributed by atoms with E-state index in [-0.39, 0.29) is 18.3 Å². The summed E-state index contributed by atoms with van der Waals surface area (Å²) in [5.41, 5.74) is 2.29. The smallest absolute Gasteiger partial charge is 0.224 e. The summed E-state index contributed by atoms with van der Waals surface area (Å²) in [4.78, 5) is 14.2. The van der Waals surface area contributed by atoms with Gasteiger partial charge in [0.25, 0.3) is 0 Å². The van der Waals surface area contributed by atoms with Crippen LogP contribution in [0.15, 0.2) is 24.3 Å². The van der Waals surface area contributed by atoms with Gasteiger partial charge in [-0.3, -0.25) is 9.69 Å². The van der Waals surface area contributed by atoms with Crippen molar-refractivity contribution in [3.05, 3.63) is 35.4 Å². The lowest BCUT2D eigenvalue weighted by Gasteiger charge is -2.27. The molecule has 0 bridgehead atoms. The highest BCUT2D eigenvalue weighted by molar-refractivity contribution is 5.85. The van der Waals surface area contributed by atoms with E-state index in [2.05, 4.69) is 15.5 Å². The van der Waals surface area contributed by atoms with Gasteiger partial charge in [-0.2, -0.15) is 0 Å². The number of hydrogen-bond acceptors (Lipinski definition) is 3. The maximum atomic E-state index is 11.9. The molecule has 2 rings (SSSR count). The SMILES string of the molecule is Cc1ccccc1CC(=O)NCCN1CCNCC1.Cl. The molecule has 0 spiro atoms. The Bertz CT molecular complexity index is 419. The van der Waals surface area contributed by atoms with E-state index in [0.29, 0.717) is 6.42 Å². The number of nitrogens with one attached hydrogen (secondary N) is 2. The largest absolute Gasteiger partial charge is 0.355 e. The molecule has 1 aliphatic rings. The van der Waals surface area contributed by atoms with Gasteiger partial charge in [0.1, 0.15) is 0 Å². The first kappa shape index (κ1) is 17.0. The fourth-order valence-corrected chi connectivity index (χ4v) is 2.33. The lowest BCUT2D eigenvalue weighted by molar-refractivity contribution is -0.120. The van der Waals surface area contributed by atoms with E-state index in [1.165, 1.54) is 5.56 Å². The summed E-state index contributed by atoms with van der Waals surface area (Å²) in [5.74, 6) is 0.115. The summed E-state index contributed by atoms with van der Waals surface area (Å²) in [6.45, 7) is 7.99. The second-order valence-corrected chi connectivity index (χ2v) is 5.04. The molecule has 5 heteroatoms. The monoisotopic (exact) mass is 297 g/mol. The Hall–Kier alpha value is -1.10. The van der Waals surface area contributed by atoms with E-state index in [1.807, 2.05) is 31.2 Å². The van der Waals surface area contributed by atoms with Crippen LogP contribution in [0.1, 0.15) is 11.1 Å². The van der Waals surface area contributed by atoms with Crippen molar-refractivity contribution in [1.29, 1.82) is 0 Å². The zero-order valence-corrected chi connectivity index (χ0v) is 12.8. The van der Waals surface area contributed by atoms with Crippen LogP contribution in [0.2, 0.25) is 0 Å². The third-order valence-corrected chi connectivity index (χ3v) is 3.57. The molecule has 2 N–H and O–H groups in total. The molecule has 0 radical (unpaired) electrons. The average Bonchev–Trinajstić information content (AvgIpc) is 2.43. The first-order valence-corrected chi connectivity index (χ1v) is 7.00. The van der Waals surface area contributed by atoms with Gasteiger partial charge in [0.05, 0.1) is 6.42 Å². The second kappa shape index (κ2) is 8.95. The number of halogens is 1. The molecule has 0 aromatic heterocycles. The Labute approximate surface area is 127 Å². The van der Waals surface area contributed by atoms with Crippen LogP contribution in [0.3, 0.4) is 0 Å². The molecule has 1 aliphatic heterocycles. The molecule has 0 unspecified atom stereocenters. The summed E-state index contributed by atoms with van der Waals surface area (Å²) in [7, 11) is 0. The van der Waals surface area contributed by atoms with Gasteiger partial charge in [-0.05, 0) is 18.1 Å². The Morgan fingerprint density at radius 2 is 2.00 bits per heavy atom. The Kier molecular flexibility index (Phi) is 7.59. The number of carbonyl (C=O) groups excluding carboxylic acids is 1. The molecule has 0 aliphatic carbocycles. The van der Waals surface area contributed by atoms with Gasteiger partial charge < -0.3 is 10.6 Å². The molecule has 1 saturated heterocycles. The summed E-state index contributed by atoms with van der Waals surface area (Å²) in [5, 5.41) is 6.33. The maximum Gasteiger partial charge on any atom is 0.224 e. The van der Waals surface area contributed by atoms with Crippen LogP contribution in [-0.2, 0) is 11.2 Å². The predicted molar refractivity (Wildman–Crippen MR) is 84.5 cm³/mol.